The third-order valence-electron chi connectivity index (χ3n) is 6.52. The molecule has 1 atom stereocenters. The van der Waals surface area contributed by atoms with Crippen molar-refractivity contribution in [1.82, 2.24) is 10.2 Å². The number of anilines is 1. The monoisotopic (exact) mass is 583 g/mol. The normalized spacial score (nSPS) is 11.9. The van der Waals surface area contributed by atoms with Crippen molar-refractivity contribution >= 4 is 27.5 Å². The highest BCUT2D eigenvalue weighted by atomic mass is 32.2. The molecule has 1 unspecified atom stereocenters. The number of benzene rings is 3. The topological polar surface area (TPSA) is 96.0 Å². The zero-order valence-electron chi connectivity index (χ0n) is 24.0. The Morgan fingerprint density at radius 3 is 2.12 bits per heavy atom. The third-order valence-corrected chi connectivity index (χ3v) is 8.31. The summed E-state index contributed by atoms with van der Waals surface area (Å²) in [5, 5.41) is 2.84. The summed E-state index contributed by atoms with van der Waals surface area (Å²) < 4.78 is 48.0. The third kappa shape index (κ3) is 8.29. The van der Waals surface area contributed by atoms with Gasteiger partial charge in [-0.25, -0.2) is 12.8 Å². The van der Waals surface area contributed by atoms with Crippen LogP contribution in [0.4, 0.5) is 10.1 Å². The van der Waals surface area contributed by atoms with Gasteiger partial charge < -0.3 is 15.0 Å². The average Bonchev–Trinajstić information content (AvgIpc) is 2.96. The van der Waals surface area contributed by atoms with E-state index in [0.717, 1.165) is 9.87 Å². The molecule has 0 aliphatic heterocycles. The van der Waals surface area contributed by atoms with Gasteiger partial charge in [0.05, 0.1) is 17.2 Å². The van der Waals surface area contributed by atoms with Crippen LogP contribution in [-0.2, 0) is 26.2 Å². The zero-order valence-corrected chi connectivity index (χ0v) is 24.8. The molecule has 3 aromatic carbocycles. The summed E-state index contributed by atoms with van der Waals surface area (Å²) >= 11 is 0. The Morgan fingerprint density at radius 1 is 0.927 bits per heavy atom. The number of hydrogen-bond acceptors (Lipinski definition) is 5. The molecule has 3 rings (SSSR count). The van der Waals surface area contributed by atoms with Gasteiger partial charge >= 0.3 is 0 Å². The van der Waals surface area contributed by atoms with Crippen molar-refractivity contribution in [3.05, 3.63) is 89.7 Å². The highest BCUT2D eigenvalue weighted by Gasteiger charge is 2.33. The number of amides is 2. The molecule has 0 saturated carbocycles. The molecule has 0 aliphatic rings. The minimum atomic E-state index is -4.18. The van der Waals surface area contributed by atoms with E-state index in [-0.39, 0.29) is 23.0 Å². The zero-order chi connectivity index (χ0) is 30.0. The lowest BCUT2D eigenvalue weighted by Gasteiger charge is -2.33. The fourth-order valence-corrected chi connectivity index (χ4v) is 5.73. The highest BCUT2D eigenvalue weighted by Crippen LogP contribution is 2.27. The first-order chi connectivity index (χ1) is 19.6. The standard InChI is InChI=1S/C31H38FN3O5S/c1-5-20-33-31(37)29(6-2)34(21-24-10-12-25(32)13-11-24)30(36)22-35(26-14-16-27(17-15-26)40-7-3)41(38,39)28-18-8-23(4)9-19-28/h8-19,29H,5-7,20-22H2,1-4H3,(H,33,37). The van der Waals surface area contributed by atoms with E-state index in [9.17, 15) is 22.4 Å². The van der Waals surface area contributed by atoms with Crippen LogP contribution in [0.3, 0.4) is 0 Å². The highest BCUT2D eigenvalue weighted by molar-refractivity contribution is 7.92. The fraction of sp³-hybridized carbons (Fsp3) is 0.355. The molecule has 0 aliphatic carbocycles. The maximum Gasteiger partial charge on any atom is 0.264 e. The van der Waals surface area contributed by atoms with Crippen molar-refractivity contribution in [1.29, 1.82) is 0 Å². The molecule has 0 bridgehead atoms. The summed E-state index contributed by atoms with van der Waals surface area (Å²) in [6.45, 7) is 7.74. The Balaban J connectivity index is 2.04. The Labute approximate surface area is 242 Å². The quantitative estimate of drug-likeness (QED) is 0.286. The van der Waals surface area contributed by atoms with Gasteiger partial charge in [-0.1, -0.05) is 43.7 Å². The van der Waals surface area contributed by atoms with Crippen LogP contribution in [0.5, 0.6) is 5.75 Å². The van der Waals surface area contributed by atoms with Crippen LogP contribution in [0.15, 0.2) is 77.7 Å². The lowest BCUT2D eigenvalue weighted by Crippen LogP contribution is -2.52. The number of sulfonamides is 1. The van der Waals surface area contributed by atoms with E-state index in [1.54, 1.807) is 55.5 Å². The second-order valence-electron chi connectivity index (χ2n) is 9.61. The molecule has 0 spiro atoms. The minimum Gasteiger partial charge on any atom is -0.494 e. The molecule has 220 valence electrons. The molecule has 41 heavy (non-hydrogen) atoms. The number of carbonyl (C=O) groups is 2. The van der Waals surface area contributed by atoms with Crippen molar-refractivity contribution in [3.63, 3.8) is 0 Å². The molecule has 0 fully saturated rings. The fourth-order valence-electron chi connectivity index (χ4n) is 4.31. The van der Waals surface area contributed by atoms with Crippen molar-refractivity contribution in [2.45, 2.75) is 58.0 Å². The van der Waals surface area contributed by atoms with E-state index >= 15 is 0 Å². The largest absolute Gasteiger partial charge is 0.494 e. The van der Waals surface area contributed by atoms with E-state index in [1.165, 1.54) is 29.2 Å². The average molecular weight is 584 g/mol. The van der Waals surface area contributed by atoms with Gasteiger partial charge in [-0.2, -0.15) is 0 Å². The number of ether oxygens (including phenoxy) is 1. The van der Waals surface area contributed by atoms with Gasteiger partial charge in [-0.3, -0.25) is 13.9 Å². The van der Waals surface area contributed by atoms with Crippen molar-refractivity contribution in [2.75, 3.05) is 24.0 Å². The van der Waals surface area contributed by atoms with Crippen LogP contribution in [0.2, 0.25) is 0 Å². The van der Waals surface area contributed by atoms with Gasteiger partial charge in [0, 0.05) is 13.1 Å². The van der Waals surface area contributed by atoms with Gasteiger partial charge in [0.2, 0.25) is 11.8 Å². The second-order valence-corrected chi connectivity index (χ2v) is 11.5. The number of halogens is 1. The molecule has 0 radical (unpaired) electrons. The van der Waals surface area contributed by atoms with Crippen LogP contribution < -0.4 is 14.4 Å². The summed E-state index contributed by atoms with van der Waals surface area (Å²) in [6.07, 6.45) is 1.02. The molecule has 0 aromatic heterocycles. The van der Waals surface area contributed by atoms with Gasteiger partial charge in [0.25, 0.3) is 10.0 Å². The number of aryl methyl sites for hydroxylation is 1. The van der Waals surface area contributed by atoms with E-state index in [2.05, 4.69) is 5.32 Å². The number of carbonyl (C=O) groups excluding carboxylic acids is 2. The molecule has 3 aromatic rings. The molecular formula is C31H38FN3O5S. The van der Waals surface area contributed by atoms with Gasteiger partial charge in [0.1, 0.15) is 24.2 Å². The van der Waals surface area contributed by atoms with Crippen LogP contribution in [-0.4, -0.2) is 50.9 Å². The van der Waals surface area contributed by atoms with Crippen molar-refractivity contribution in [3.8, 4) is 5.75 Å². The maximum absolute atomic E-state index is 14.0. The van der Waals surface area contributed by atoms with Gasteiger partial charge in [-0.15, -0.1) is 0 Å². The van der Waals surface area contributed by atoms with Gasteiger partial charge in [0.15, 0.2) is 0 Å². The molecule has 10 heteroatoms. The minimum absolute atomic E-state index is 0.00113. The van der Waals surface area contributed by atoms with Crippen LogP contribution in [0.1, 0.15) is 44.7 Å². The molecular weight excluding hydrogens is 545 g/mol. The van der Waals surface area contributed by atoms with Crippen molar-refractivity contribution < 1.29 is 27.1 Å². The summed E-state index contributed by atoms with van der Waals surface area (Å²) in [4.78, 5) is 28.5. The summed E-state index contributed by atoms with van der Waals surface area (Å²) in [5.74, 6) is -0.770. The van der Waals surface area contributed by atoms with E-state index in [1.807, 2.05) is 20.8 Å². The van der Waals surface area contributed by atoms with E-state index < -0.39 is 34.3 Å². The number of hydrogen-bond donors (Lipinski definition) is 1. The number of rotatable bonds is 14. The second kappa shape index (κ2) is 14.6. The Kier molecular flexibility index (Phi) is 11.3. The maximum atomic E-state index is 14.0. The Morgan fingerprint density at radius 2 is 1.56 bits per heavy atom. The van der Waals surface area contributed by atoms with Crippen molar-refractivity contribution in [2.24, 2.45) is 0 Å². The molecule has 8 nitrogen and oxygen atoms in total. The smallest absolute Gasteiger partial charge is 0.264 e. The Hall–Kier alpha value is -3.92. The van der Waals surface area contributed by atoms with E-state index in [4.69, 9.17) is 4.74 Å². The predicted molar refractivity (Wildman–Crippen MR) is 158 cm³/mol. The van der Waals surface area contributed by atoms with Gasteiger partial charge in [-0.05, 0) is 80.8 Å². The summed E-state index contributed by atoms with van der Waals surface area (Å²) in [6, 6.07) is 17.6. The SMILES string of the molecule is CCCNC(=O)C(CC)N(Cc1ccc(F)cc1)C(=O)CN(c1ccc(OCC)cc1)S(=O)(=O)c1ccc(C)cc1. The van der Waals surface area contributed by atoms with E-state index in [0.29, 0.717) is 37.3 Å². The lowest BCUT2D eigenvalue weighted by molar-refractivity contribution is -0.140. The summed E-state index contributed by atoms with van der Waals surface area (Å²) in [7, 11) is -4.18. The molecule has 0 heterocycles. The lowest BCUT2D eigenvalue weighted by atomic mass is 10.1. The predicted octanol–water partition coefficient (Wildman–Crippen LogP) is 5.06. The molecule has 1 N–H and O–H groups in total. The first-order valence-corrected chi connectivity index (χ1v) is 15.2. The van der Waals surface area contributed by atoms with Crippen LogP contribution in [0.25, 0.3) is 0 Å². The molecule has 2 amide bonds. The van der Waals surface area contributed by atoms with Crippen LogP contribution >= 0.6 is 0 Å². The first kappa shape index (κ1) is 31.6. The van der Waals surface area contributed by atoms with Crippen LogP contribution in [0, 0.1) is 12.7 Å². The Bertz CT molecular complexity index is 1400. The number of nitrogens with zero attached hydrogens (tertiary/aromatic N) is 2. The number of nitrogens with one attached hydrogen (secondary N) is 1. The molecule has 0 saturated heterocycles. The summed E-state index contributed by atoms with van der Waals surface area (Å²) in [5.41, 5.74) is 1.77. The first-order valence-electron chi connectivity index (χ1n) is 13.7.